The van der Waals surface area contributed by atoms with Crippen LogP contribution in [0.15, 0.2) is 78.2 Å². The van der Waals surface area contributed by atoms with Crippen molar-refractivity contribution in [3.8, 4) is 4.90 Å². The summed E-state index contributed by atoms with van der Waals surface area (Å²) in [5.41, 5.74) is 0. The van der Waals surface area contributed by atoms with Crippen molar-refractivity contribution in [1.29, 1.82) is 0 Å². The molecule has 0 aliphatic carbocycles. The predicted molar refractivity (Wildman–Crippen MR) is 85.3 cm³/mol. The molecule has 0 saturated heterocycles. The second-order valence-corrected chi connectivity index (χ2v) is 6.55. The Labute approximate surface area is 114 Å². The number of fused-ring (bicyclic) bond motifs is 2. The summed E-state index contributed by atoms with van der Waals surface area (Å²) in [4.78, 5) is 1.40. The van der Waals surface area contributed by atoms with Crippen LogP contribution in [-0.4, -0.2) is 0 Å². The van der Waals surface area contributed by atoms with Gasteiger partial charge in [-0.2, -0.15) is 0 Å². The zero-order valence-electron chi connectivity index (χ0n) is 10.4. The van der Waals surface area contributed by atoms with Crippen molar-refractivity contribution in [1.82, 2.24) is 0 Å². The van der Waals surface area contributed by atoms with Gasteiger partial charge in [0.1, 0.15) is 5.38 Å². The van der Waals surface area contributed by atoms with Crippen molar-refractivity contribution in [3.63, 3.8) is 0 Å². The van der Waals surface area contributed by atoms with Gasteiger partial charge >= 0.3 is 0 Å². The standard InChI is InChI=1S/C18H13S/c1-2-7-16-13-17(10-9-14(16)5-1)19-12-11-15-6-3-4-8-18(15)19/h1-13H/q+1. The number of rotatable bonds is 1. The van der Waals surface area contributed by atoms with E-state index in [1.54, 1.807) is 0 Å². The summed E-state index contributed by atoms with van der Waals surface area (Å²) in [5, 5.41) is 6.32. The molecule has 0 fully saturated rings. The molecule has 0 aliphatic rings. The van der Waals surface area contributed by atoms with Crippen molar-refractivity contribution in [2.45, 2.75) is 0 Å². The monoisotopic (exact) mass is 261 g/mol. The summed E-state index contributed by atoms with van der Waals surface area (Å²) in [6, 6.07) is 26.3. The fourth-order valence-electron chi connectivity index (χ4n) is 2.54. The maximum absolute atomic E-state index is 2.33. The van der Waals surface area contributed by atoms with Crippen molar-refractivity contribution in [2.24, 2.45) is 0 Å². The van der Waals surface area contributed by atoms with Crippen molar-refractivity contribution in [2.75, 3.05) is 0 Å². The first kappa shape index (κ1) is 10.8. The van der Waals surface area contributed by atoms with E-state index in [0.717, 1.165) is 0 Å². The molecule has 1 heterocycles. The third kappa shape index (κ3) is 1.74. The molecule has 0 radical (unpaired) electrons. The third-order valence-corrected chi connectivity index (χ3v) is 5.53. The first-order valence-electron chi connectivity index (χ1n) is 6.41. The molecule has 0 nitrogen and oxygen atoms in total. The molecule has 0 spiro atoms. The van der Waals surface area contributed by atoms with Gasteiger partial charge in [0.2, 0.25) is 0 Å². The Morgan fingerprint density at radius 1 is 0.579 bits per heavy atom. The third-order valence-electron chi connectivity index (χ3n) is 3.51. The maximum Gasteiger partial charge on any atom is 0.186 e. The van der Waals surface area contributed by atoms with E-state index in [1.165, 1.54) is 25.8 Å². The van der Waals surface area contributed by atoms with Gasteiger partial charge in [-0.3, -0.25) is 0 Å². The predicted octanol–water partition coefficient (Wildman–Crippen LogP) is 5.73. The Hall–Kier alpha value is -2.12. The average Bonchev–Trinajstić information content (AvgIpc) is 2.91. The summed E-state index contributed by atoms with van der Waals surface area (Å²) >= 11 is 0. The second kappa shape index (κ2) is 4.22. The minimum absolute atomic E-state index is 0.0978. The minimum atomic E-state index is 0.0978. The highest BCUT2D eigenvalue weighted by molar-refractivity contribution is 7.43. The van der Waals surface area contributed by atoms with Crippen LogP contribution in [-0.2, 0) is 0 Å². The van der Waals surface area contributed by atoms with Crippen molar-refractivity contribution < 1.29 is 0 Å². The van der Waals surface area contributed by atoms with Crippen LogP contribution in [0.1, 0.15) is 0 Å². The van der Waals surface area contributed by atoms with E-state index in [1.807, 2.05) is 0 Å². The van der Waals surface area contributed by atoms with E-state index in [-0.39, 0.29) is 10.5 Å². The Bertz CT molecular complexity index is 871. The fraction of sp³-hybridized carbons (Fsp3) is 0. The first-order chi connectivity index (χ1) is 9.42. The molecule has 1 aromatic heterocycles. The van der Waals surface area contributed by atoms with Gasteiger partial charge in [-0.15, -0.1) is 0 Å². The molecule has 3 aromatic carbocycles. The maximum atomic E-state index is 2.33. The zero-order chi connectivity index (χ0) is 12.7. The molecule has 0 bridgehead atoms. The normalized spacial score (nSPS) is 12.1. The number of thiophene rings is 1. The quantitative estimate of drug-likeness (QED) is 0.384. The van der Waals surface area contributed by atoms with Crippen LogP contribution in [0.4, 0.5) is 0 Å². The van der Waals surface area contributed by atoms with Gasteiger partial charge < -0.3 is 0 Å². The lowest BCUT2D eigenvalue weighted by molar-refractivity contribution is 1.78. The van der Waals surface area contributed by atoms with E-state index in [4.69, 9.17) is 0 Å². The van der Waals surface area contributed by atoms with E-state index in [9.17, 15) is 0 Å². The molecule has 0 amide bonds. The van der Waals surface area contributed by atoms with Gasteiger partial charge in [0.25, 0.3) is 0 Å². The van der Waals surface area contributed by atoms with Crippen LogP contribution in [0.2, 0.25) is 0 Å². The average molecular weight is 261 g/mol. The lowest BCUT2D eigenvalue weighted by atomic mass is 10.1. The fourth-order valence-corrected chi connectivity index (χ4v) is 4.47. The number of hydrogen-bond donors (Lipinski definition) is 0. The second-order valence-electron chi connectivity index (χ2n) is 4.69. The summed E-state index contributed by atoms with van der Waals surface area (Å²) < 4.78 is 1.44. The van der Waals surface area contributed by atoms with Gasteiger partial charge in [-0.1, -0.05) is 36.4 Å². The van der Waals surface area contributed by atoms with Gasteiger partial charge in [0, 0.05) is 28.0 Å². The lowest BCUT2D eigenvalue weighted by Gasteiger charge is -1.97. The van der Waals surface area contributed by atoms with Crippen LogP contribution >= 0.6 is 10.5 Å². The summed E-state index contributed by atoms with van der Waals surface area (Å²) in [7, 11) is 0.0978. The van der Waals surface area contributed by atoms with Gasteiger partial charge in [-0.25, -0.2) is 0 Å². The molecule has 0 aliphatic heterocycles. The molecular formula is C18H13S+. The number of benzene rings is 3. The molecule has 19 heavy (non-hydrogen) atoms. The van der Waals surface area contributed by atoms with Gasteiger partial charge in [0.05, 0.1) is 0 Å². The minimum Gasteiger partial charge on any atom is -0.0616 e. The van der Waals surface area contributed by atoms with Crippen molar-refractivity contribution in [3.05, 3.63) is 78.2 Å². The highest BCUT2D eigenvalue weighted by Gasteiger charge is 2.14. The largest absolute Gasteiger partial charge is 0.186 e. The van der Waals surface area contributed by atoms with E-state index < -0.39 is 0 Å². The topological polar surface area (TPSA) is 0 Å². The highest BCUT2D eigenvalue weighted by Crippen LogP contribution is 2.40. The Kier molecular flexibility index (Phi) is 2.39. The van der Waals surface area contributed by atoms with E-state index in [0.29, 0.717) is 0 Å². The zero-order valence-corrected chi connectivity index (χ0v) is 11.2. The molecule has 1 heteroatoms. The van der Waals surface area contributed by atoms with Crippen LogP contribution in [0, 0.1) is 0 Å². The first-order valence-corrected chi connectivity index (χ1v) is 7.70. The molecule has 0 saturated carbocycles. The molecule has 1 atom stereocenters. The molecule has 1 unspecified atom stereocenters. The van der Waals surface area contributed by atoms with E-state index in [2.05, 4.69) is 78.2 Å². The smallest absolute Gasteiger partial charge is 0.0616 e. The Balaban J connectivity index is 1.99. The van der Waals surface area contributed by atoms with Crippen LogP contribution in [0.5, 0.6) is 0 Å². The van der Waals surface area contributed by atoms with Gasteiger partial charge in [0.15, 0.2) is 9.60 Å². The van der Waals surface area contributed by atoms with Crippen LogP contribution < -0.4 is 0 Å². The molecular weight excluding hydrogens is 248 g/mol. The van der Waals surface area contributed by atoms with Crippen LogP contribution in [0.25, 0.3) is 25.8 Å². The molecule has 4 aromatic rings. The van der Waals surface area contributed by atoms with Crippen LogP contribution in [0.3, 0.4) is 0 Å². The Morgan fingerprint density at radius 2 is 1.32 bits per heavy atom. The SMILES string of the molecule is c1ccc2cc(-[s+]3ccc4ccccc43)ccc2c1. The lowest BCUT2D eigenvalue weighted by Crippen LogP contribution is -1.73. The van der Waals surface area contributed by atoms with Crippen molar-refractivity contribution >= 4 is 31.3 Å². The molecule has 4 rings (SSSR count). The van der Waals surface area contributed by atoms with Gasteiger partial charge in [-0.05, 0) is 35.0 Å². The van der Waals surface area contributed by atoms with E-state index >= 15 is 0 Å². The summed E-state index contributed by atoms with van der Waals surface area (Å²) in [5.74, 6) is 0. The summed E-state index contributed by atoms with van der Waals surface area (Å²) in [6.45, 7) is 0. The summed E-state index contributed by atoms with van der Waals surface area (Å²) in [6.07, 6.45) is 0. The number of hydrogen-bond acceptors (Lipinski definition) is 0. The Morgan fingerprint density at radius 3 is 2.21 bits per heavy atom. The molecule has 0 N–H and O–H groups in total. The highest BCUT2D eigenvalue weighted by atomic mass is 32.2. The molecule has 90 valence electrons.